The lowest BCUT2D eigenvalue weighted by atomic mass is 9.83. The SMILES string of the molecule is COc1ccccc1[C@@H](C)NC1CCCCC1C(F)(F)F. The lowest BCUT2D eigenvalue weighted by molar-refractivity contribution is -0.189. The van der Waals surface area contributed by atoms with Crippen LogP contribution in [0.15, 0.2) is 24.3 Å². The number of nitrogens with one attached hydrogen (secondary N) is 1. The van der Waals surface area contributed by atoms with Gasteiger partial charge in [-0.05, 0) is 25.8 Å². The highest BCUT2D eigenvalue weighted by Crippen LogP contribution is 2.39. The summed E-state index contributed by atoms with van der Waals surface area (Å²) in [5.41, 5.74) is 0.895. The van der Waals surface area contributed by atoms with Crippen LogP contribution in [0.5, 0.6) is 5.75 Å². The van der Waals surface area contributed by atoms with E-state index in [9.17, 15) is 13.2 Å². The fourth-order valence-electron chi connectivity index (χ4n) is 3.16. The second-order valence-electron chi connectivity index (χ2n) is 5.67. The maximum absolute atomic E-state index is 13.1. The first-order chi connectivity index (χ1) is 9.93. The summed E-state index contributed by atoms with van der Waals surface area (Å²) >= 11 is 0. The van der Waals surface area contributed by atoms with Crippen LogP contribution >= 0.6 is 0 Å². The Kier molecular flexibility index (Phi) is 5.14. The first kappa shape index (κ1) is 16.1. The average molecular weight is 301 g/mol. The summed E-state index contributed by atoms with van der Waals surface area (Å²) in [5, 5.41) is 3.17. The molecule has 0 saturated heterocycles. The van der Waals surface area contributed by atoms with Crippen LogP contribution < -0.4 is 10.1 Å². The minimum atomic E-state index is -4.13. The van der Waals surface area contributed by atoms with Crippen molar-refractivity contribution in [2.75, 3.05) is 7.11 Å². The third-order valence-corrected chi connectivity index (χ3v) is 4.26. The van der Waals surface area contributed by atoms with E-state index < -0.39 is 18.1 Å². The van der Waals surface area contributed by atoms with E-state index in [4.69, 9.17) is 4.74 Å². The van der Waals surface area contributed by atoms with Gasteiger partial charge in [-0.3, -0.25) is 0 Å². The highest BCUT2D eigenvalue weighted by Gasteiger charge is 2.45. The molecule has 1 fully saturated rings. The highest BCUT2D eigenvalue weighted by molar-refractivity contribution is 5.35. The van der Waals surface area contributed by atoms with Crippen molar-refractivity contribution >= 4 is 0 Å². The van der Waals surface area contributed by atoms with E-state index in [1.807, 2.05) is 31.2 Å². The fraction of sp³-hybridized carbons (Fsp3) is 0.625. The maximum Gasteiger partial charge on any atom is 0.393 e. The minimum Gasteiger partial charge on any atom is -0.496 e. The molecule has 1 aliphatic rings. The van der Waals surface area contributed by atoms with E-state index in [0.29, 0.717) is 18.6 Å². The van der Waals surface area contributed by atoms with Crippen LogP contribution in [-0.2, 0) is 0 Å². The summed E-state index contributed by atoms with van der Waals surface area (Å²) in [7, 11) is 1.57. The second kappa shape index (κ2) is 6.69. The summed E-state index contributed by atoms with van der Waals surface area (Å²) in [5.74, 6) is -0.541. The summed E-state index contributed by atoms with van der Waals surface area (Å²) in [6, 6.07) is 6.76. The molecular formula is C16H22F3NO. The second-order valence-corrected chi connectivity index (χ2v) is 5.67. The predicted molar refractivity (Wildman–Crippen MR) is 76.3 cm³/mol. The van der Waals surface area contributed by atoms with Gasteiger partial charge in [0.1, 0.15) is 5.75 Å². The van der Waals surface area contributed by atoms with Gasteiger partial charge >= 0.3 is 6.18 Å². The maximum atomic E-state index is 13.1. The molecule has 21 heavy (non-hydrogen) atoms. The summed E-state index contributed by atoms with van der Waals surface area (Å²) < 4.78 is 44.7. The summed E-state index contributed by atoms with van der Waals surface area (Å²) in [6.45, 7) is 1.89. The lowest BCUT2D eigenvalue weighted by Crippen LogP contribution is -2.46. The van der Waals surface area contributed by atoms with Crippen molar-refractivity contribution in [2.24, 2.45) is 5.92 Å². The van der Waals surface area contributed by atoms with E-state index in [0.717, 1.165) is 12.0 Å². The van der Waals surface area contributed by atoms with E-state index in [1.54, 1.807) is 7.11 Å². The van der Waals surface area contributed by atoms with Crippen molar-refractivity contribution < 1.29 is 17.9 Å². The molecule has 0 aromatic heterocycles. The standard InChI is InChI=1S/C16H22F3NO/c1-11(12-7-3-6-10-15(12)21-2)20-14-9-5-4-8-13(14)16(17,18)19/h3,6-7,10-11,13-14,20H,4-5,8-9H2,1-2H3/t11-,13?,14?/m1/s1. The number of methoxy groups -OCH3 is 1. The molecule has 3 atom stereocenters. The van der Waals surface area contributed by atoms with Gasteiger partial charge in [-0.2, -0.15) is 13.2 Å². The van der Waals surface area contributed by atoms with Gasteiger partial charge in [-0.25, -0.2) is 0 Å². The molecule has 1 N–H and O–H groups in total. The molecule has 1 aromatic rings. The molecule has 0 spiro atoms. The van der Waals surface area contributed by atoms with Crippen molar-refractivity contribution in [2.45, 2.75) is 50.9 Å². The summed E-state index contributed by atoms with van der Waals surface area (Å²) in [6.07, 6.45) is -1.82. The third kappa shape index (κ3) is 3.90. The fourth-order valence-corrected chi connectivity index (χ4v) is 3.16. The van der Waals surface area contributed by atoms with Gasteiger partial charge in [0.2, 0.25) is 0 Å². The molecule has 1 saturated carbocycles. The number of halogens is 3. The van der Waals surface area contributed by atoms with Crippen LogP contribution in [0, 0.1) is 5.92 Å². The van der Waals surface area contributed by atoms with Crippen LogP contribution in [0.25, 0.3) is 0 Å². The molecule has 2 unspecified atom stereocenters. The number of hydrogen-bond acceptors (Lipinski definition) is 2. The number of rotatable bonds is 4. The molecule has 0 aliphatic heterocycles. The number of hydrogen-bond donors (Lipinski definition) is 1. The van der Waals surface area contributed by atoms with E-state index >= 15 is 0 Å². The number of benzene rings is 1. The Morgan fingerprint density at radius 2 is 1.86 bits per heavy atom. The Balaban J connectivity index is 2.11. The number of ether oxygens (including phenoxy) is 1. The lowest BCUT2D eigenvalue weighted by Gasteiger charge is -2.35. The van der Waals surface area contributed by atoms with Gasteiger partial charge in [0.25, 0.3) is 0 Å². The topological polar surface area (TPSA) is 21.3 Å². The zero-order valence-corrected chi connectivity index (χ0v) is 12.4. The van der Waals surface area contributed by atoms with E-state index in [-0.39, 0.29) is 12.5 Å². The van der Waals surface area contributed by atoms with Gasteiger partial charge in [0.15, 0.2) is 0 Å². The van der Waals surface area contributed by atoms with Crippen molar-refractivity contribution in [3.63, 3.8) is 0 Å². The van der Waals surface area contributed by atoms with Crippen LogP contribution in [-0.4, -0.2) is 19.3 Å². The van der Waals surface area contributed by atoms with Crippen molar-refractivity contribution in [3.05, 3.63) is 29.8 Å². The smallest absolute Gasteiger partial charge is 0.393 e. The Hall–Kier alpha value is -1.23. The van der Waals surface area contributed by atoms with Gasteiger partial charge < -0.3 is 10.1 Å². The Bertz CT molecular complexity index is 461. The van der Waals surface area contributed by atoms with E-state index in [2.05, 4.69) is 5.32 Å². The molecule has 0 amide bonds. The molecule has 2 rings (SSSR count). The van der Waals surface area contributed by atoms with Crippen molar-refractivity contribution in [3.8, 4) is 5.75 Å². The monoisotopic (exact) mass is 301 g/mol. The number of alkyl halides is 3. The van der Waals surface area contributed by atoms with Gasteiger partial charge in [0.05, 0.1) is 13.0 Å². The highest BCUT2D eigenvalue weighted by atomic mass is 19.4. The van der Waals surface area contributed by atoms with Gasteiger partial charge in [0, 0.05) is 17.6 Å². The molecule has 118 valence electrons. The van der Waals surface area contributed by atoms with Gasteiger partial charge in [-0.1, -0.05) is 31.0 Å². The minimum absolute atomic E-state index is 0.172. The predicted octanol–water partition coefficient (Wildman–Crippen LogP) is 4.47. The molecule has 0 radical (unpaired) electrons. The van der Waals surface area contributed by atoms with Crippen LogP contribution in [0.4, 0.5) is 13.2 Å². The summed E-state index contributed by atoms with van der Waals surface area (Å²) in [4.78, 5) is 0. The molecule has 0 heterocycles. The Labute approximate surface area is 123 Å². The van der Waals surface area contributed by atoms with Gasteiger partial charge in [-0.15, -0.1) is 0 Å². The first-order valence-corrected chi connectivity index (χ1v) is 7.39. The molecule has 1 aromatic carbocycles. The largest absolute Gasteiger partial charge is 0.496 e. The molecule has 0 bridgehead atoms. The Morgan fingerprint density at radius 1 is 1.19 bits per heavy atom. The normalized spacial score (nSPS) is 24.6. The Morgan fingerprint density at radius 3 is 2.52 bits per heavy atom. The van der Waals surface area contributed by atoms with E-state index in [1.165, 1.54) is 0 Å². The van der Waals surface area contributed by atoms with Crippen LogP contribution in [0.1, 0.15) is 44.2 Å². The zero-order chi connectivity index (χ0) is 15.5. The zero-order valence-electron chi connectivity index (χ0n) is 12.4. The van der Waals surface area contributed by atoms with Crippen molar-refractivity contribution in [1.82, 2.24) is 5.32 Å². The first-order valence-electron chi connectivity index (χ1n) is 7.39. The molecule has 5 heteroatoms. The van der Waals surface area contributed by atoms with Crippen LogP contribution in [0.2, 0.25) is 0 Å². The quantitative estimate of drug-likeness (QED) is 0.886. The molecule has 2 nitrogen and oxygen atoms in total. The van der Waals surface area contributed by atoms with Crippen molar-refractivity contribution in [1.29, 1.82) is 0 Å². The molecule has 1 aliphatic carbocycles. The third-order valence-electron chi connectivity index (χ3n) is 4.26. The molecular weight excluding hydrogens is 279 g/mol. The average Bonchev–Trinajstić information content (AvgIpc) is 2.46. The number of para-hydroxylation sites is 1. The van der Waals surface area contributed by atoms with Crippen LogP contribution in [0.3, 0.4) is 0 Å².